The summed E-state index contributed by atoms with van der Waals surface area (Å²) in [5.41, 5.74) is -1.61. The second-order valence-electron chi connectivity index (χ2n) is 4.03. The second-order valence-corrected chi connectivity index (χ2v) is 4.03. The second kappa shape index (κ2) is 3.36. The number of aliphatic hydroxyl groups excluding tert-OH is 3. The van der Waals surface area contributed by atoms with Crippen molar-refractivity contribution in [2.24, 2.45) is 0 Å². The molecule has 2 rings (SSSR count). The first-order chi connectivity index (χ1) is 7.36. The van der Waals surface area contributed by atoms with Gasteiger partial charge in [-0.25, -0.2) is 5.32 Å². The fraction of sp³-hybridized carbons (Fsp3) is 0.875. The fourth-order valence-corrected chi connectivity index (χ4v) is 1.99. The molecule has 0 spiro atoms. The van der Waals surface area contributed by atoms with Crippen molar-refractivity contribution in [2.75, 3.05) is 6.61 Å². The molecule has 0 bridgehead atoms. The van der Waals surface area contributed by atoms with Gasteiger partial charge in [0.1, 0.15) is 18.3 Å². The van der Waals surface area contributed by atoms with Crippen LogP contribution in [0.2, 0.25) is 0 Å². The SMILES string of the molecule is CC(=O)N[C@@]12N[C@]1(O)O[C@H](CO)[C@@H](O)[C@@H]2O. The molecule has 0 saturated carbocycles. The van der Waals surface area contributed by atoms with Crippen molar-refractivity contribution in [3.8, 4) is 0 Å². The molecule has 2 aliphatic heterocycles. The standard InChI is InChI=1S/C8H14N2O6/c1-3(12)9-7-6(14)5(13)4(2-11)16-8(7,15)10-7/h4-6,10-11,13-15H,2H2,1H3,(H,9,12)/t4-,5-,6+,7+,8-/m1/s1. The highest BCUT2D eigenvalue weighted by Crippen LogP contribution is 2.44. The predicted octanol–water partition coefficient (Wildman–Crippen LogP) is -3.82. The number of amides is 1. The van der Waals surface area contributed by atoms with Gasteiger partial charge in [-0.05, 0) is 0 Å². The van der Waals surface area contributed by atoms with E-state index in [1.54, 1.807) is 0 Å². The van der Waals surface area contributed by atoms with E-state index in [-0.39, 0.29) is 0 Å². The summed E-state index contributed by atoms with van der Waals surface area (Å²) in [7, 11) is 0. The lowest BCUT2D eigenvalue weighted by Crippen LogP contribution is -2.64. The molecule has 8 nitrogen and oxygen atoms in total. The summed E-state index contributed by atoms with van der Waals surface area (Å²) in [4.78, 5) is 10.9. The molecular formula is C8H14N2O6. The molecule has 0 aliphatic carbocycles. The largest absolute Gasteiger partial charge is 0.394 e. The van der Waals surface area contributed by atoms with Gasteiger partial charge >= 0.3 is 0 Å². The van der Waals surface area contributed by atoms with E-state index in [0.717, 1.165) is 0 Å². The zero-order valence-corrected chi connectivity index (χ0v) is 8.54. The highest BCUT2D eigenvalue weighted by atomic mass is 16.7. The summed E-state index contributed by atoms with van der Waals surface area (Å²) in [5.74, 6) is -2.45. The summed E-state index contributed by atoms with van der Waals surface area (Å²) < 4.78 is 4.95. The van der Waals surface area contributed by atoms with Crippen LogP contribution in [0.4, 0.5) is 0 Å². The van der Waals surface area contributed by atoms with Crippen LogP contribution in [0.25, 0.3) is 0 Å². The summed E-state index contributed by atoms with van der Waals surface area (Å²) in [6.45, 7) is 0.644. The number of carbonyl (C=O) groups excluding carboxylic acids is 1. The number of carbonyl (C=O) groups is 1. The van der Waals surface area contributed by atoms with Crippen LogP contribution in [0, 0.1) is 0 Å². The third-order valence-electron chi connectivity index (χ3n) is 2.86. The Morgan fingerprint density at radius 2 is 2.19 bits per heavy atom. The smallest absolute Gasteiger partial charge is 0.269 e. The Labute approximate surface area is 90.8 Å². The van der Waals surface area contributed by atoms with Gasteiger partial charge in [0.15, 0.2) is 5.66 Å². The fourth-order valence-electron chi connectivity index (χ4n) is 1.99. The van der Waals surface area contributed by atoms with Crippen LogP contribution in [-0.4, -0.2) is 62.8 Å². The van der Waals surface area contributed by atoms with Gasteiger partial charge in [0.05, 0.1) is 6.61 Å². The van der Waals surface area contributed by atoms with Crippen LogP contribution in [0.5, 0.6) is 0 Å². The first-order valence-corrected chi connectivity index (χ1v) is 4.81. The van der Waals surface area contributed by atoms with Crippen molar-refractivity contribution in [3.05, 3.63) is 0 Å². The maximum absolute atomic E-state index is 10.9. The Hall–Kier alpha value is -0.770. The number of nitrogens with one attached hydrogen (secondary N) is 2. The minimum atomic E-state index is -1.95. The molecule has 16 heavy (non-hydrogen) atoms. The molecule has 0 unspecified atom stereocenters. The maximum Gasteiger partial charge on any atom is 0.269 e. The van der Waals surface area contributed by atoms with Crippen LogP contribution in [0.1, 0.15) is 6.92 Å². The number of hydrogen-bond acceptors (Lipinski definition) is 7. The number of rotatable bonds is 2. The van der Waals surface area contributed by atoms with E-state index in [0.29, 0.717) is 0 Å². The Balaban J connectivity index is 2.22. The summed E-state index contributed by atoms with van der Waals surface area (Å²) in [6.07, 6.45) is -4.00. The molecule has 92 valence electrons. The van der Waals surface area contributed by atoms with E-state index >= 15 is 0 Å². The first-order valence-electron chi connectivity index (χ1n) is 4.81. The maximum atomic E-state index is 10.9. The number of hydrogen-bond donors (Lipinski definition) is 6. The van der Waals surface area contributed by atoms with E-state index in [9.17, 15) is 20.1 Å². The van der Waals surface area contributed by atoms with Crippen molar-refractivity contribution in [1.82, 2.24) is 10.6 Å². The highest BCUT2D eigenvalue weighted by molar-refractivity contribution is 5.75. The van der Waals surface area contributed by atoms with Gasteiger partial charge in [0, 0.05) is 6.92 Å². The van der Waals surface area contributed by atoms with E-state index in [1.165, 1.54) is 6.92 Å². The highest BCUT2D eigenvalue weighted by Gasteiger charge is 2.78. The van der Waals surface area contributed by atoms with Gasteiger partial charge < -0.3 is 30.5 Å². The average molecular weight is 234 g/mol. The average Bonchev–Trinajstić information content (AvgIpc) is 2.78. The van der Waals surface area contributed by atoms with Crippen molar-refractivity contribution < 1.29 is 30.0 Å². The molecule has 0 aromatic rings. The Bertz CT molecular complexity index is 326. The lowest BCUT2D eigenvalue weighted by Gasteiger charge is -2.37. The topological polar surface area (TPSA) is 141 Å². The lowest BCUT2D eigenvalue weighted by molar-refractivity contribution is -0.262. The van der Waals surface area contributed by atoms with Crippen LogP contribution in [0.3, 0.4) is 0 Å². The third-order valence-corrected chi connectivity index (χ3v) is 2.86. The van der Waals surface area contributed by atoms with Gasteiger partial charge in [0.25, 0.3) is 5.91 Å². The van der Waals surface area contributed by atoms with Crippen LogP contribution < -0.4 is 10.6 Å². The molecule has 2 aliphatic rings. The zero-order chi connectivity index (χ0) is 12.1. The zero-order valence-electron chi connectivity index (χ0n) is 8.54. The minimum Gasteiger partial charge on any atom is -0.394 e. The molecule has 2 saturated heterocycles. The quantitative estimate of drug-likeness (QED) is 0.269. The van der Waals surface area contributed by atoms with Crippen molar-refractivity contribution in [2.45, 2.75) is 36.8 Å². The van der Waals surface area contributed by atoms with Gasteiger partial charge in [-0.15, -0.1) is 0 Å². The molecule has 1 amide bonds. The summed E-state index contributed by atoms with van der Waals surface area (Å²) in [5, 5.41) is 42.7. The minimum absolute atomic E-state index is 0.499. The lowest BCUT2D eigenvalue weighted by atomic mass is 9.96. The molecule has 8 heteroatoms. The van der Waals surface area contributed by atoms with E-state index in [4.69, 9.17) is 9.84 Å². The van der Waals surface area contributed by atoms with Crippen molar-refractivity contribution >= 4 is 5.91 Å². The number of ether oxygens (including phenoxy) is 1. The summed E-state index contributed by atoms with van der Waals surface area (Å²) in [6, 6.07) is 0. The Kier molecular flexibility index (Phi) is 2.46. The van der Waals surface area contributed by atoms with E-state index in [1.807, 2.05) is 0 Å². The third kappa shape index (κ3) is 1.35. The molecule has 0 radical (unpaired) electrons. The monoisotopic (exact) mass is 234 g/mol. The van der Waals surface area contributed by atoms with Crippen LogP contribution in [-0.2, 0) is 9.53 Å². The van der Waals surface area contributed by atoms with E-state index < -0.39 is 42.4 Å². The van der Waals surface area contributed by atoms with Crippen LogP contribution >= 0.6 is 0 Å². The normalized spacial score (nSPS) is 50.7. The Morgan fingerprint density at radius 3 is 2.69 bits per heavy atom. The molecule has 5 atom stereocenters. The predicted molar refractivity (Wildman–Crippen MR) is 48.6 cm³/mol. The molecule has 6 N–H and O–H groups in total. The summed E-state index contributed by atoms with van der Waals surface area (Å²) >= 11 is 0. The van der Waals surface area contributed by atoms with Gasteiger partial charge in [0.2, 0.25) is 5.91 Å². The first kappa shape index (κ1) is 11.7. The van der Waals surface area contributed by atoms with Gasteiger partial charge in [-0.3, -0.25) is 4.79 Å². The van der Waals surface area contributed by atoms with Gasteiger partial charge in [-0.2, -0.15) is 0 Å². The molecule has 0 aromatic heterocycles. The molecule has 0 aromatic carbocycles. The molecular weight excluding hydrogens is 220 g/mol. The molecule has 2 heterocycles. The Morgan fingerprint density at radius 1 is 1.56 bits per heavy atom. The molecule has 2 fully saturated rings. The van der Waals surface area contributed by atoms with Crippen molar-refractivity contribution in [3.63, 3.8) is 0 Å². The van der Waals surface area contributed by atoms with E-state index in [2.05, 4.69) is 10.6 Å². The van der Waals surface area contributed by atoms with Crippen molar-refractivity contribution in [1.29, 1.82) is 0 Å². The van der Waals surface area contributed by atoms with Crippen LogP contribution in [0.15, 0.2) is 0 Å². The van der Waals surface area contributed by atoms with Gasteiger partial charge in [-0.1, -0.05) is 0 Å². The number of aliphatic hydroxyl groups is 4. The number of fused-ring (bicyclic) bond motifs is 1.